The molecule has 0 fully saturated rings. The number of H-pyrrole nitrogens is 1. The fourth-order valence-electron chi connectivity index (χ4n) is 1.85. The Bertz CT molecular complexity index is 565. The summed E-state index contributed by atoms with van der Waals surface area (Å²) in [6.07, 6.45) is 5.93. The first-order valence-corrected chi connectivity index (χ1v) is 6.44. The van der Waals surface area contributed by atoms with Crippen LogP contribution in [0.2, 0.25) is 0 Å². The van der Waals surface area contributed by atoms with Crippen LogP contribution in [0.25, 0.3) is 10.4 Å². The van der Waals surface area contributed by atoms with Gasteiger partial charge < -0.3 is 0 Å². The van der Waals surface area contributed by atoms with E-state index in [1.165, 1.54) is 16.0 Å². The Hall–Kier alpha value is -1.87. The summed E-state index contributed by atoms with van der Waals surface area (Å²) in [5.41, 5.74) is 2.61. The Labute approximate surface area is 104 Å². The van der Waals surface area contributed by atoms with Gasteiger partial charge in [0.2, 0.25) is 6.33 Å². The van der Waals surface area contributed by atoms with Gasteiger partial charge in [-0.05, 0) is 22.6 Å². The Balaban J connectivity index is 1.81. The first kappa shape index (κ1) is 10.3. The normalized spacial score (nSPS) is 10.6. The third-order valence-electron chi connectivity index (χ3n) is 2.73. The molecule has 0 amide bonds. The van der Waals surface area contributed by atoms with Crippen LogP contribution in [0.1, 0.15) is 5.56 Å². The summed E-state index contributed by atoms with van der Waals surface area (Å²) < 4.78 is 2.13. The van der Waals surface area contributed by atoms with Crippen LogP contribution in [-0.4, -0.2) is 4.98 Å². The molecule has 0 atom stereocenters. The van der Waals surface area contributed by atoms with E-state index in [0.29, 0.717) is 0 Å². The Kier molecular flexibility index (Phi) is 2.76. The maximum Gasteiger partial charge on any atom is 0.241 e. The second-order valence-corrected chi connectivity index (χ2v) is 4.91. The molecule has 0 bridgehead atoms. The summed E-state index contributed by atoms with van der Waals surface area (Å²) in [6.45, 7) is 0.911. The number of imidazole rings is 1. The van der Waals surface area contributed by atoms with Crippen molar-refractivity contribution in [2.75, 3.05) is 0 Å². The minimum Gasteiger partial charge on any atom is -0.250 e. The molecule has 3 heteroatoms. The number of aromatic amines is 1. The highest BCUT2D eigenvalue weighted by atomic mass is 32.1. The van der Waals surface area contributed by atoms with Gasteiger partial charge in [0, 0.05) is 4.88 Å². The van der Waals surface area contributed by atoms with Crippen molar-refractivity contribution in [3.63, 3.8) is 0 Å². The highest BCUT2D eigenvalue weighted by molar-refractivity contribution is 7.13. The van der Waals surface area contributed by atoms with Gasteiger partial charge in [-0.1, -0.05) is 30.3 Å². The summed E-state index contributed by atoms with van der Waals surface area (Å²) in [5, 5.41) is 2.11. The standard InChI is InChI=1S/C14H12N2S/c1-2-14(17-9-1)13-5-3-12(4-6-13)10-16-8-7-15-11-16/h1-9,11H,10H2/p+1. The van der Waals surface area contributed by atoms with Crippen molar-refractivity contribution in [1.82, 2.24) is 4.98 Å². The largest absolute Gasteiger partial charge is 0.250 e. The number of rotatable bonds is 3. The molecule has 0 saturated heterocycles. The van der Waals surface area contributed by atoms with Gasteiger partial charge in [-0.15, -0.1) is 11.3 Å². The first-order valence-electron chi connectivity index (χ1n) is 5.56. The molecule has 3 rings (SSSR count). The van der Waals surface area contributed by atoms with Crippen LogP contribution in [0.5, 0.6) is 0 Å². The fourth-order valence-corrected chi connectivity index (χ4v) is 2.58. The van der Waals surface area contributed by atoms with Gasteiger partial charge in [0.15, 0.2) is 0 Å². The van der Waals surface area contributed by atoms with E-state index in [9.17, 15) is 0 Å². The zero-order valence-corrected chi connectivity index (χ0v) is 10.2. The molecule has 0 aliphatic rings. The number of nitrogens with zero attached hydrogens (tertiary/aromatic N) is 1. The quantitative estimate of drug-likeness (QED) is 0.680. The molecule has 2 nitrogen and oxygen atoms in total. The van der Waals surface area contributed by atoms with Crippen molar-refractivity contribution in [3.05, 3.63) is 66.1 Å². The van der Waals surface area contributed by atoms with E-state index in [1.54, 1.807) is 11.3 Å². The van der Waals surface area contributed by atoms with Gasteiger partial charge in [-0.2, -0.15) is 0 Å². The topological polar surface area (TPSA) is 19.7 Å². The molecule has 1 aromatic carbocycles. The van der Waals surface area contributed by atoms with Crippen molar-refractivity contribution in [2.45, 2.75) is 6.54 Å². The van der Waals surface area contributed by atoms with Gasteiger partial charge in [0.1, 0.15) is 18.9 Å². The smallest absolute Gasteiger partial charge is 0.241 e. The van der Waals surface area contributed by atoms with Crippen molar-refractivity contribution in [2.24, 2.45) is 0 Å². The molecular formula is C14H13N2S+. The molecule has 0 aliphatic heterocycles. The second kappa shape index (κ2) is 4.55. The number of aromatic nitrogens is 2. The average Bonchev–Trinajstić information content (AvgIpc) is 3.01. The fraction of sp³-hybridized carbons (Fsp3) is 0.0714. The van der Waals surface area contributed by atoms with Crippen molar-refractivity contribution < 1.29 is 4.57 Å². The second-order valence-electron chi connectivity index (χ2n) is 3.96. The minimum absolute atomic E-state index is 0.911. The maximum absolute atomic E-state index is 3.05. The highest BCUT2D eigenvalue weighted by Crippen LogP contribution is 2.24. The van der Waals surface area contributed by atoms with Crippen LogP contribution in [0.15, 0.2) is 60.5 Å². The molecule has 2 heterocycles. The van der Waals surface area contributed by atoms with E-state index in [2.05, 4.69) is 51.3 Å². The maximum atomic E-state index is 3.05. The lowest BCUT2D eigenvalue weighted by molar-refractivity contribution is -0.687. The van der Waals surface area contributed by atoms with E-state index in [0.717, 1.165) is 6.54 Å². The number of hydrogen-bond acceptors (Lipinski definition) is 1. The molecule has 0 spiro atoms. The summed E-state index contributed by atoms with van der Waals surface area (Å²) in [6, 6.07) is 13.0. The molecule has 3 aromatic rings. The third-order valence-corrected chi connectivity index (χ3v) is 3.65. The summed E-state index contributed by atoms with van der Waals surface area (Å²) >= 11 is 1.78. The lowest BCUT2D eigenvalue weighted by atomic mass is 10.1. The minimum atomic E-state index is 0.911. The number of benzene rings is 1. The lowest BCUT2D eigenvalue weighted by Gasteiger charge is -2.00. The van der Waals surface area contributed by atoms with E-state index in [-0.39, 0.29) is 0 Å². The molecule has 0 saturated carbocycles. The molecule has 2 aromatic heterocycles. The SMILES string of the molecule is c1csc(-c2ccc(C[n+]3cc[nH]c3)cc2)c1. The van der Waals surface area contributed by atoms with Crippen LogP contribution < -0.4 is 4.57 Å². The highest BCUT2D eigenvalue weighted by Gasteiger charge is 2.01. The zero-order valence-electron chi connectivity index (χ0n) is 9.34. The van der Waals surface area contributed by atoms with Crippen molar-refractivity contribution in [1.29, 1.82) is 0 Å². The van der Waals surface area contributed by atoms with E-state index in [1.807, 2.05) is 18.7 Å². The predicted octanol–water partition coefficient (Wildman–Crippen LogP) is 3.08. The molecule has 0 unspecified atom stereocenters. The third kappa shape index (κ3) is 2.29. The first-order chi connectivity index (χ1) is 8.42. The zero-order chi connectivity index (χ0) is 11.5. The van der Waals surface area contributed by atoms with E-state index >= 15 is 0 Å². The number of thiophene rings is 1. The summed E-state index contributed by atoms with van der Waals surface area (Å²) in [5.74, 6) is 0. The molecular weight excluding hydrogens is 228 g/mol. The summed E-state index contributed by atoms with van der Waals surface area (Å²) in [4.78, 5) is 4.37. The van der Waals surface area contributed by atoms with Crippen molar-refractivity contribution >= 4 is 11.3 Å². The summed E-state index contributed by atoms with van der Waals surface area (Å²) in [7, 11) is 0. The van der Waals surface area contributed by atoms with Crippen LogP contribution in [0.3, 0.4) is 0 Å². The van der Waals surface area contributed by atoms with Gasteiger partial charge >= 0.3 is 0 Å². The lowest BCUT2D eigenvalue weighted by Crippen LogP contribution is -2.30. The van der Waals surface area contributed by atoms with Crippen molar-refractivity contribution in [3.8, 4) is 10.4 Å². The van der Waals surface area contributed by atoms with Gasteiger partial charge in [-0.25, -0.2) is 4.57 Å². The van der Waals surface area contributed by atoms with E-state index < -0.39 is 0 Å². The van der Waals surface area contributed by atoms with Crippen LogP contribution >= 0.6 is 11.3 Å². The van der Waals surface area contributed by atoms with Crippen LogP contribution in [0, 0.1) is 0 Å². The monoisotopic (exact) mass is 241 g/mol. The molecule has 0 radical (unpaired) electrons. The predicted molar refractivity (Wildman–Crippen MR) is 69.8 cm³/mol. The van der Waals surface area contributed by atoms with Crippen LogP contribution in [0.4, 0.5) is 0 Å². The average molecular weight is 241 g/mol. The Morgan fingerprint density at radius 2 is 2.00 bits per heavy atom. The number of hydrogen-bond donors (Lipinski definition) is 1. The van der Waals surface area contributed by atoms with Gasteiger partial charge in [-0.3, -0.25) is 4.98 Å². The molecule has 84 valence electrons. The van der Waals surface area contributed by atoms with Gasteiger partial charge in [0.25, 0.3) is 0 Å². The molecule has 1 N–H and O–H groups in total. The Morgan fingerprint density at radius 3 is 2.65 bits per heavy atom. The van der Waals surface area contributed by atoms with Gasteiger partial charge in [0.05, 0.1) is 0 Å². The van der Waals surface area contributed by atoms with E-state index in [4.69, 9.17) is 0 Å². The van der Waals surface area contributed by atoms with Crippen LogP contribution in [-0.2, 0) is 6.54 Å². The number of nitrogens with one attached hydrogen (secondary N) is 1. The molecule has 0 aliphatic carbocycles. The molecule has 17 heavy (non-hydrogen) atoms. The Morgan fingerprint density at radius 1 is 1.12 bits per heavy atom.